The molecular weight excluding hydrogens is 230 g/mol. The number of methoxy groups -OCH3 is 1. The summed E-state index contributed by atoms with van der Waals surface area (Å²) >= 11 is 0. The maximum Gasteiger partial charge on any atom is 0.404 e. The van der Waals surface area contributed by atoms with E-state index in [9.17, 15) is 4.79 Å². The highest BCUT2D eigenvalue weighted by atomic mass is 16.6. The average molecular weight is 251 g/mol. The van der Waals surface area contributed by atoms with E-state index >= 15 is 0 Å². The summed E-state index contributed by atoms with van der Waals surface area (Å²) in [7, 11) is 1.62. The van der Waals surface area contributed by atoms with Crippen LogP contribution in [0.1, 0.15) is 0 Å². The van der Waals surface area contributed by atoms with Crippen LogP contribution < -0.4 is 5.32 Å². The molecule has 0 aromatic rings. The Morgan fingerprint density at radius 2 is 1.41 bits per heavy atom. The molecule has 0 aliphatic carbocycles. The molecule has 0 aromatic carbocycles. The molecule has 0 heterocycles. The van der Waals surface area contributed by atoms with Crippen LogP contribution in [0.5, 0.6) is 0 Å². The summed E-state index contributed by atoms with van der Waals surface area (Å²) in [4.78, 5) is 10.1. The van der Waals surface area contributed by atoms with Crippen LogP contribution in [-0.2, 0) is 18.9 Å². The van der Waals surface area contributed by atoms with Gasteiger partial charge >= 0.3 is 6.09 Å². The molecule has 0 spiro atoms. The van der Waals surface area contributed by atoms with E-state index in [1.807, 2.05) is 0 Å². The van der Waals surface area contributed by atoms with E-state index in [-0.39, 0.29) is 6.54 Å². The first-order chi connectivity index (χ1) is 8.27. The maximum atomic E-state index is 10.1. The molecule has 0 rings (SSSR count). The number of hydrogen-bond acceptors (Lipinski definition) is 5. The fraction of sp³-hybridized carbons (Fsp3) is 0.900. The predicted molar refractivity (Wildman–Crippen MR) is 60.4 cm³/mol. The normalized spacial score (nSPS) is 10.4. The van der Waals surface area contributed by atoms with Gasteiger partial charge in [-0.25, -0.2) is 4.79 Å². The number of ether oxygens (including phenoxy) is 4. The number of nitrogens with one attached hydrogen (secondary N) is 1. The lowest BCUT2D eigenvalue weighted by molar-refractivity contribution is 0.00417. The lowest BCUT2D eigenvalue weighted by Crippen LogP contribution is -2.25. The molecule has 7 heteroatoms. The predicted octanol–water partition coefficient (Wildman–Crippen LogP) is -0.0498. The summed E-state index contributed by atoms with van der Waals surface area (Å²) < 4.78 is 20.3. The fourth-order valence-electron chi connectivity index (χ4n) is 0.914. The van der Waals surface area contributed by atoms with Gasteiger partial charge in [0, 0.05) is 13.7 Å². The van der Waals surface area contributed by atoms with E-state index in [4.69, 9.17) is 24.1 Å². The van der Waals surface area contributed by atoms with Crippen molar-refractivity contribution in [3.8, 4) is 0 Å². The summed E-state index contributed by atoms with van der Waals surface area (Å²) in [6, 6.07) is 0. The number of hydrogen-bond donors (Lipinski definition) is 2. The average Bonchev–Trinajstić information content (AvgIpc) is 2.30. The first-order valence-corrected chi connectivity index (χ1v) is 5.46. The zero-order valence-corrected chi connectivity index (χ0v) is 10.1. The quantitative estimate of drug-likeness (QED) is 0.473. The van der Waals surface area contributed by atoms with Gasteiger partial charge in [-0.05, 0) is 0 Å². The second kappa shape index (κ2) is 13.2. The second-order valence-corrected chi connectivity index (χ2v) is 3.06. The van der Waals surface area contributed by atoms with Gasteiger partial charge in [0.25, 0.3) is 0 Å². The van der Waals surface area contributed by atoms with Gasteiger partial charge in [-0.3, -0.25) is 0 Å². The molecule has 0 aromatic heterocycles. The van der Waals surface area contributed by atoms with Gasteiger partial charge in [0.15, 0.2) is 0 Å². The van der Waals surface area contributed by atoms with Gasteiger partial charge in [0.1, 0.15) is 0 Å². The van der Waals surface area contributed by atoms with Crippen LogP contribution >= 0.6 is 0 Å². The van der Waals surface area contributed by atoms with E-state index in [0.717, 1.165) is 0 Å². The molecule has 2 N–H and O–H groups in total. The van der Waals surface area contributed by atoms with Crippen molar-refractivity contribution in [1.29, 1.82) is 0 Å². The smallest absolute Gasteiger partial charge is 0.404 e. The van der Waals surface area contributed by atoms with Crippen molar-refractivity contribution in [3.63, 3.8) is 0 Å². The standard InChI is InChI=1S/C10H21NO6/c1-14-4-5-16-8-9-17-7-6-15-3-2-11-10(12)13/h11H,2-9H2,1H3,(H,12,13). The Labute approximate surface area is 101 Å². The first-order valence-electron chi connectivity index (χ1n) is 5.46. The van der Waals surface area contributed by atoms with Crippen LogP contribution in [0, 0.1) is 0 Å². The minimum absolute atomic E-state index is 0.287. The topological polar surface area (TPSA) is 86.3 Å². The molecule has 0 radical (unpaired) electrons. The molecular formula is C10H21NO6. The Bertz CT molecular complexity index is 178. The van der Waals surface area contributed by atoms with Gasteiger partial charge in [-0.15, -0.1) is 0 Å². The van der Waals surface area contributed by atoms with E-state index in [0.29, 0.717) is 46.2 Å². The van der Waals surface area contributed by atoms with Gasteiger partial charge < -0.3 is 29.4 Å². The molecule has 0 saturated carbocycles. The van der Waals surface area contributed by atoms with Crippen molar-refractivity contribution in [2.24, 2.45) is 0 Å². The van der Waals surface area contributed by atoms with Crippen LogP contribution in [0.2, 0.25) is 0 Å². The molecule has 0 saturated heterocycles. The molecule has 7 nitrogen and oxygen atoms in total. The van der Waals surface area contributed by atoms with Crippen LogP contribution in [0.4, 0.5) is 4.79 Å². The molecule has 0 aliphatic heterocycles. The number of carboxylic acid groups (broad SMARTS) is 1. The third-order valence-corrected chi connectivity index (χ3v) is 1.70. The summed E-state index contributed by atoms with van der Waals surface area (Å²) in [6.45, 7) is 3.75. The Balaban J connectivity index is 2.91. The zero-order chi connectivity index (χ0) is 12.8. The Hall–Kier alpha value is -0.890. The highest BCUT2D eigenvalue weighted by Gasteiger charge is 1.94. The molecule has 1 amide bonds. The number of rotatable bonds is 12. The summed E-state index contributed by atoms with van der Waals surface area (Å²) in [6.07, 6.45) is -1.04. The van der Waals surface area contributed by atoms with Crippen molar-refractivity contribution in [2.45, 2.75) is 0 Å². The molecule has 17 heavy (non-hydrogen) atoms. The van der Waals surface area contributed by atoms with Crippen molar-refractivity contribution in [1.82, 2.24) is 5.32 Å². The lowest BCUT2D eigenvalue weighted by atomic mass is 10.6. The molecule has 0 fully saturated rings. The molecule has 0 atom stereocenters. The van der Waals surface area contributed by atoms with Gasteiger partial charge in [-0.1, -0.05) is 0 Å². The largest absolute Gasteiger partial charge is 0.465 e. The first kappa shape index (κ1) is 16.1. The Morgan fingerprint density at radius 3 is 1.88 bits per heavy atom. The minimum Gasteiger partial charge on any atom is -0.465 e. The summed E-state index contributed by atoms with van der Waals surface area (Å²) in [5.41, 5.74) is 0. The van der Waals surface area contributed by atoms with Crippen molar-refractivity contribution in [2.75, 3.05) is 59.9 Å². The number of carbonyl (C=O) groups is 1. The highest BCUT2D eigenvalue weighted by molar-refractivity contribution is 5.64. The molecule has 102 valence electrons. The zero-order valence-electron chi connectivity index (χ0n) is 10.1. The summed E-state index contributed by atoms with van der Waals surface area (Å²) in [5, 5.41) is 10.5. The van der Waals surface area contributed by atoms with Gasteiger partial charge in [0.2, 0.25) is 0 Å². The maximum absolute atomic E-state index is 10.1. The third-order valence-electron chi connectivity index (χ3n) is 1.70. The Morgan fingerprint density at radius 1 is 0.941 bits per heavy atom. The lowest BCUT2D eigenvalue weighted by Gasteiger charge is -2.06. The summed E-state index contributed by atoms with van der Waals surface area (Å²) in [5.74, 6) is 0. The molecule has 0 aliphatic rings. The fourth-order valence-corrected chi connectivity index (χ4v) is 0.914. The monoisotopic (exact) mass is 251 g/mol. The Kier molecular flexibility index (Phi) is 12.5. The van der Waals surface area contributed by atoms with E-state index in [2.05, 4.69) is 5.32 Å². The van der Waals surface area contributed by atoms with Crippen LogP contribution in [-0.4, -0.2) is 71.1 Å². The van der Waals surface area contributed by atoms with E-state index in [1.165, 1.54) is 0 Å². The minimum atomic E-state index is -1.04. The SMILES string of the molecule is COCCOCCOCCOCCNC(=O)O. The molecule has 0 unspecified atom stereocenters. The van der Waals surface area contributed by atoms with Crippen molar-refractivity contribution >= 4 is 6.09 Å². The third kappa shape index (κ3) is 15.1. The second-order valence-electron chi connectivity index (χ2n) is 3.06. The van der Waals surface area contributed by atoms with Crippen LogP contribution in [0.3, 0.4) is 0 Å². The van der Waals surface area contributed by atoms with Crippen molar-refractivity contribution in [3.05, 3.63) is 0 Å². The van der Waals surface area contributed by atoms with E-state index < -0.39 is 6.09 Å². The van der Waals surface area contributed by atoms with Crippen LogP contribution in [0.25, 0.3) is 0 Å². The van der Waals surface area contributed by atoms with E-state index in [1.54, 1.807) is 7.11 Å². The van der Waals surface area contributed by atoms with Gasteiger partial charge in [0.05, 0.1) is 46.2 Å². The highest BCUT2D eigenvalue weighted by Crippen LogP contribution is 1.81. The molecule has 0 bridgehead atoms. The van der Waals surface area contributed by atoms with Crippen LogP contribution in [0.15, 0.2) is 0 Å². The number of amides is 1. The van der Waals surface area contributed by atoms with Crippen molar-refractivity contribution < 1.29 is 28.8 Å². The van der Waals surface area contributed by atoms with Gasteiger partial charge in [-0.2, -0.15) is 0 Å².